The van der Waals surface area contributed by atoms with E-state index in [9.17, 15) is 4.79 Å². The van der Waals surface area contributed by atoms with E-state index >= 15 is 0 Å². The van der Waals surface area contributed by atoms with Crippen LogP contribution < -0.4 is 4.74 Å². The topological polar surface area (TPSA) is 47.9 Å². The second kappa shape index (κ2) is 6.65. The van der Waals surface area contributed by atoms with Crippen LogP contribution in [0.15, 0.2) is 47.6 Å². The molecule has 1 heterocycles. The number of benzene rings is 2. The molecule has 1 aliphatic heterocycles. The molecule has 124 valence electrons. The van der Waals surface area contributed by atoms with Crippen molar-refractivity contribution in [2.24, 2.45) is 5.16 Å². The summed E-state index contributed by atoms with van der Waals surface area (Å²) in [6.07, 6.45) is 3.43. The first-order valence-corrected chi connectivity index (χ1v) is 8.13. The zero-order valence-corrected chi connectivity index (χ0v) is 14.3. The predicted molar refractivity (Wildman–Crippen MR) is 93.9 cm³/mol. The number of carbonyl (C=O) groups is 1. The first kappa shape index (κ1) is 16.5. The van der Waals surface area contributed by atoms with Gasteiger partial charge in [-0.3, -0.25) is 0 Å². The molecule has 0 saturated heterocycles. The van der Waals surface area contributed by atoms with Gasteiger partial charge < -0.3 is 9.57 Å². The Hall–Kier alpha value is -2.33. The van der Waals surface area contributed by atoms with Crippen LogP contribution in [0.3, 0.4) is 0 Å². The fourth-order valence-electron chi connectivity index (χ4n) is 2.56. The van der Waals surface area contributed by atoms with E-state index in [1.165, 1.54) is 12.3 Å². The van der Waals surface area contributed by atoms with Gasteiger partial charge in [-0.05, 0) is 74.2 Å². The van der Waals surface area contributed by atoms with Crippen molar-refractivity contribution in [3.8, 4) is 5.75 Å². The van der Waals surface area contributed by atoms with Crippen molar-refractivity contribution in [3.05, 3.63) is 64.2 Å². The van der Waals surface area contributed by atoms with Gasteiger partial charge in [-0.15, -0.1) is 0 Å². The molecule has 0 radical (unpaired) electrons. The molecule has 2 aromatic rings. The third kappa shape index (κ3) is 3.95. The molecule has 3 rings (SSSR count). The van der Waals surface area contributed by atoms with Gasteiger partial charge in [-0.1, -0.05) is 22.8 Å². The van der Waals surface area contributed by atoms with Gasteiger partial charge in [-0.2, -0.15) is 0 Å². The summed E-state index contributed by atoms with van der Waals surface area (Å²) in [7, 11) is 0. The molecule has 0 spiro atoms. The van der Waals surface area contributed by atoms with Crippen molar-refractivity contribution in [2.75, 3.05) is 0 Å². The number of oxime groups is 1. The molecule has 0 saturated carbocycles. The van der Waals surface area contributed by atoms with Crippen molar-refractivity contribution in [1.29, 1.82) is 0 Å². The third-order valence-corrected chi connectivity index (χ3v) is 4.10. The predicted octanol–water partition coefficient (Wildman–Crippen LogP) is 4.63. The Morgan fingerprint density at radius 3 is 2.92 bits per heavy atom. The van der Waals surface area contributed by atoms with Crippen LogP contribution in [0.4, 0.5) is 0 Å². The SMILES string of the molecule is CC1(C)CCc2cc(/C=N/OC(=O)c3cccc(Cl)c3)ccc2O1. The van der Waals surface area contributed by atoms with E-state index in [1.807, 2.05) is 18.2 Å². The van der Waals surface area contributed by atoms with E-state index in [4.69, 9.17) is 21.2 Å². The minimum Gasteiger partial charge on any atom is -0.488 e. The van der Waals surface area contributed by atoms with Crippen LogP contribution >= 0.6 is 11.6 Å². The lowest BCUT2D eigenvalue weighted by Gasteiger charge is -2.32. The number of rotatable bonds is 3. The lowest BCUT2D eigenvalue weighted by atomic mass is 9.93. The molecule has 1 aliphatic rings. The quantitative estimate of drug-likeness (QED) is 0.463. The van der Waals surface area contributed by atoms with E-state index < -0.39 is 5.97 Å². The van der Waals surface area contributed by atoms with E-state index in [2.05, 4.69) is 19.0 Å². The Balaban J connectivity index is 1.66. The number of halogens is 1. The molecule has 0 aromatic heterocycles. The smallest absolute Gasteiger partial charge is 0.365 e. The van der Waals surface area contributed by atoms with Crippen LogP contribution in [-0.4, -0.2) is 17.8 Å². The third-order valence-electron chi connectivity index (χ3n) is 3.86. The molecule has 0 bridgehead atoms. The van der Waals surface area contributed by atoms with Crippen molar-refractivity contribution in [1.82, 2.24) is 0 Å². The standard InChI is InChI=1S/C19H18ClNO3/c1-19(2)9-8-14-10-13(6-7-17(14)23-19)12-21-24-18(22)15-4-3-5-16(20)11-15/h3-7,10-12H,8-9H2,1-2H3/b21-12+. The maximum absolute atomic E-state index is 11.9. The fraction of sp³-hybridized carbons (Fsp3) is 0.263. The minimum absolute atomic E-state index is 0.130. The van der Waals surface area contributed by atoms with Gasteiger partial charge in [0, 0.05) is 5.02 Å². The highest BCUT2D eigenvalue weighted by Gasteiger charge is 2.26. The Morgan fingerprint density at radius 2 is 2.12 bits per heavy atom. The molecule has 2 aromatic carbocycles. The minimum atomic E-state index is -0.545. The van der Waals surface area contributed by atoms with Gasteiger partial charge in [0.2, 0.25) is 0 Å². The first-order chi connectivity index (χ1) is 11.4. The zero-order chi connectivity index (χ0) is 17.2. The van der Waals surface area contributed by atoms with Crippen molar-refractivity contribution in [3.63, 3.8) is 0 Å². The summed E-state index contributed by atoms with van der Waals surface area (Å²) in [5, 5.41) is 4.24. The number of ether oxygens (including phenoxy) is 1. The van der Waals surface area contributed by atoms with Gasteiger partial charge in [0.1, 0.15) is 11.4 Å². The lowest BCUT2D eigenvalue weighted by molar-refractivity contribution is 0.0519. The van der Waals surface area contributed by atoms with Crippen LogP contribution in [0.2, 0.25) is 5.02 Å². The summed E-state index contributed by atoms with van der Waals surface area (Å²) in [5.74, 6) is 0.358. The Morgan fingerprint density at radius 1 is 1.29 bits per heavy atom. The second-order valence-corrected chi connectivity index (χ2v) is 6.79. The molecule has 0 fully saturated rings. The Kier molecular flexibility index (Phi) is 4.58. The molecular weight excluding hydrogens is 326 g/mol. The largest absolute Gasteiger partial charge is 0.488 e. The molecule has 0 aliphatic carbocycles. The number of hydrogen-bond donors (Lipinski definition) is 0. The second-order valence-electron chi connectivity index (χ2n) is 6.35. The van der Waals surface area contributed by atoms with Gasteiger partial charge in [0.15, 0.2) is 0 Å². The fourth-order valence-corrected chi connectivity index (χ4v) is 2.75. The summed E-state index contributed by atoms with van der Waals surface area (Å²) in [4.78, 5) is 16.8. The van der Waals surface area contributed by atoms with Crippen LogP contribution in [-0.2, 0) is 11.3 Å². The number of fused-ring (bicyclic) bond motifs is 1. The molecule has 0 N–H and O–H groups in total. The molecule has 0 atom stereocenters. The van der Waals surface area contributed by atoms with E-state index in [0.717, 1.165) is 29.7 Å². The van der Waals surface area contributed by atoms with Gasteiger partial charge >= 0.3 is 5.97 Å². The maximum atomic E-state index is 11.9. The normalized spacial score (nSPS) is 15.6. The van der Waals surface area contributed by atoms with Crippen LogP contribution in [0.25, 0.3) is 0 Å². The maximum Gasteiger partial charge on any atom is 0.365 e. The molecule has 4 nitrogen and oxygen atoms in total. The molecule has 0 amide bonds. The monoisotopic (exact) mass is 343 g/mol. The average Bonchev–Trinajstić information content (AvgIpc) is 2.54. The highest BCUT2D eigenvalue weighted by molar-refractivity contribution is 6.30. The van der Waals surface area contributed by atoms with Crippen molar-refractivity contribution in [2.45, 2.75) is 32.3 Å². The zero-order valence-electron chi connectivity index (χ0n) is 13.6. The Labute approximate surface area is 146 Å². The lowest BCUT2D eigenvalue weighted by Crippen LogP contribution is -2.32. The number of nitrogens with zero attached hydrogens (tertiary/aromatic N) is 1. The highest BCUT2D eigenvalue weighted by atomic mass is 35.5. The Bertz CT molecular complexity index is 799. The van der Waals surface area contributed by atoms with E-state index in [1.54, 1.807) is 18.2 Å². The van der Waals surface area contributed by atoms with Gasteiger partial charge in [0.05, 0.1) is 11.8 Å². The van der Waals surface area contributed by atoms with Crippen molar-refractivity contribution >= 4 is 23.8 Å². The summed E-state index contributed by atoms with van der Waals surface area (Å²) in [5.41, 5.74) is 2.23. The van der Waals surface area contributed by atoms with Crippen LogP contribution in [0, 0.1) is 0 Å². The summed E-state index contributed by atoms with van der Waals surface area (Å²) < 4.78 is 5.94. The van der Waals surface area contributed by atoms with E-state index in [-0.39, 0.29) is 5.60 Å². The van der Waals surface area contributed by atoms with Gasteiger partial charge in [-0.25, -0.2) is 4.79 Å². The van der Waals surface area contributed by atoms with E-state index in [0.29, 0.717) is 10.6 Å². The summed E-state index contributed by atoms with van der Waals surface area (Å²) in [6, 6.07) is 12.4. The number of hydrogen-bond acceptors (Lipinski definition) is 4. The molecular formula is C19H18ClNO3. The molecule has 5 heteroatoms. The first-order valence-electron chi connectivity index (χ1n) is 7.75. The summed E-state index contributed by atoms with van der Waals surface area (Å²) in [6.45, 7) is 4.17. The van der Waals surface area contributed by atoms with Crippen molar-refractivity contribution < 1.29 is 14.4 Å². The average molecular weight is 344 g/mol. The summed E-state index contributed by atoms with van der Waals surface area (Å²) >= 11 is 5.85. The molecule has 0 unspecified atom stereocenters. The number of aryl methyl sites for hydroxylation is 1. The number of carbonyl (C=O) groups excluding carboxylic acids is 1. The van der Waals surface area contributed by atoms with Crippen LogP contribution in [0.5, 0.6) is 5.75 Å². The van der Waals surface area contributed by atoms with Gasteiger partial charge in [0.25, 0.3) is 0 Å². The highest BCUT2D eigenvalue weighted by Crippen LogP contribution is 2.33. The van der Waals surface area contributed by atoms with Crippen LogP contribution in [0.1, 0.15) is 41.8 Å². The molecule has 24 heavy (non-hydrogen) atoms.